The first-order valence-electron chi connectivity index (χ1n) is 8.76. The zero-order valence-corrected chi connectivity index (χ0v) is 16.7. The number of rotatable bonds is 3. The van der Waals surface area contributed by atoms with Crippen molar-refractivity contribution in [2.24, 2.45) is 5.92 Å². The summed E-state index contributed by atoms with van der Waals surface area (Å²) >= 11 is 0. The van der Waals surface area contributed by atoms with Crippen molar-refractivity contribution >= 4 is 15.9 Å². The Hall–Kier alpha value is -1.84. The van der Waals surface area contributed by atoms with Crippen LogP contribution in [0.5, 0.6) is 0 Å². The molecular formula is C18H23F4NO4S. The highest BCUT2D eigenvalue weighted by Crippen LogP contribution is 2.32. The number of hydrogen-bond acceptors (Lipinski definition) is 4. The van der Waals surface area contributed by atoms with E-state index >= 15 is 0 Å². The van der Waals surface area contributed by atoms with Gasteiger partial charge in [-0.3, -0.25) is 0 Å². The number of alkyl halides is 3. The predicted molar refractivity (Wildman–Crippen MR) is 94.0 cm³/mol. The van der Waals surface area contributed by atoms with E-state index in [9.17, 15) is 30.8 Å². The van der Waals surface area contributed by atoms with Crippen molar-refractivity contribution in [3.05, 3.63) is 29.6 Å². The molecule has 0 N–H and O–H groups in total. The van der Waals surface area contributed by atoms with Crippen LogP contribution in [-0.4, -0.2) is 43.9 Å². The zero-order chi connectivity index (χ0) is 21.3. The summed E-state index contributed by atoms with van der Waals surface area (Å²) in [6, 6.07) is 1.31. The number of carbonyl (C=O) groups excluding carboxylic acids is 1. The van der Waals surface area contributed by atoms with Gasteiger partial charge in [0.15, 0.2) is 9.84 Å². The van der Waals surface area contributed by atoms with Gasteiger partial charge in [-0.05, 0) is 57.7 Å². The van der Waals surface area contributed by atoms with E-state index in [-0.39, 0.29) is 25.1 Å². The van der Waals surface area contributed by atoms with Crippen molar-refractivity contribution in [2.75, 3.05) is 18.8 Å². The van der Waals surface area contributed by atoms with Crippen molar-refractivity contribution in [3.63, 3.8) is 0 Å². The summed E-state index contributed by atoms with van der Waals surface area (Å²) in [5, 5.41) is 0. The van der Waals surface area contributed by atoms with Crippen LogP contribution < -0.4 is 0 Å². The van der Waals surface area contributed by atoms with Gasteiger partial charge >= 0.3 is 12.3 Å². The largest absolute Gasteiger partial charge is 0.444 e. The third-order valence-electron chi connectivity index (χ3n) is 4.28. The molecule has 1 aromatic rings. The Morgan fingerprint density at radius 1 is 1.14 bits per heavy atom. The Morgan fingerprint density at radius 3 is 2.21 bits per heavy atom. The average molecular weight is 425 g/mol. The molecule has 0 spiro atoms. The number of sulfone groups is 1. The van der Waals surface area contributed by atoms with Crippen molar-refractivity contribution in [2.45, 2.75) is 50.3 Å². The number of carbonyl (C=O) groups is 1. The van der Waals surface area contributed by atoms with E-state index in [1.807, 2.05) is 0 Å². The molecule has 28 heavy (non-hydrogen) atoms. The minimum Gasteiger partial charge on any atom is -0.444 e. The number of likely N-dealkylation sites (tertiary alicyclic amines) is 1. The fourth-order valence-electron chi connectivity index (χ4n) is 2.92. The van der Waals surface area contributed by atoms with Crippen LogP contribution in [0.4, 0.5) is 22.4 Å². The van der Waals surface area contributed by atoms with E-state index in [2.05, 4.69) is 0 Å². The highest BCUT2D eigenvalue weighted by atomic mass is 32.2. The third-order valence-corrected chi connectivity index (χ3v) is 6.14. The molecule has 0 unspecified atom stereocenters. The minimum atomic E-state index is -4.84. The second-order valence-corrected chi connectivity index (χ2v) is 9.90. The number of benzene rings is 1. The second-order valence-electron chi connectivity index (χ2n) is 7.87. The molecule has 1 saturated heterocycles. The van der Waals surface area contributed by atoms with Gasteiger partial charge in [-0.2, -0.15) is 13.2 Å². The molecule has 10 heteroatoms. The van der Waals surface area contributed by atoms with E-state index in [1.165, 1.54) is 4.90 Å². The standard InChI is InChI=1S/C18H23F4NO4S/c1-17(2,3)27-16(24)23-6-4-12(5-7-23)11-28(25,26)15-9-13(18(20,21)22)8-14(19)10-15/h8-10,12H,4-7,11H2,1-3H3. The molecule has 0 radical (unpaired) electrons. The molecule has 1 fully saturated rings. The summed E-state index contributed by atoms with van der Waals surface area (Å²) in [6.45, 7) is 5.77. The molecule has 1 aliphatic rings. The molecule has 1 heterocycles. The molecule has 0 aliphatic carbocycles. The van der Waals surface area contributed by atoms with Gasteiger partial charge in [-0.25, -0.2) is 17.6 Å². The maximum absolute atomic E-state index is 13.5. The Morgan fingerprint density at radius 2 is 1.71 bits per heavy atom. The first kappa shape index (κ1) is 22.4. The lowest BCUT2D eigenvalue weighted by atomic mass is 9.99. The predicted octanol–water partition coefficient (Wildman–Crippen LogP) is 4.27. The number of nitrogens with zero attached hydrogens (tertiary/aromatic N) is 1. The Balaban J connectivity index is 2.05. The molecule has 0 atom stereocenters. The maximum Gasteiger partial charge on any atom is 0.416 e. The van der Waals surface area contributed by atoms with Crippen LogP contribution >= 0.6 is 0 Å². The lowest BCUT2D eigenvalue weighted by Crippen LogP contribution is -2.42. The molecular weight excluding hydrogens is 402 g/mol. The average Bonchev–Trinajstić information content (AvgIpc) is 2.52. The van der Waals surface area contributed by atoms with Crippen LogP contribution in [0, 0.1) is 11.7 Å². The third kappa shape index (κ3) is 6.08. The van der Waals surface area contributed by atoms with Crippen molar-refractivity contribution in [3.8, 4) is 0 Å². The van der Waals surface area contributed by atoms with Crippen LogP contribution in [0.2, 0.25) is 0 Å². The first-order chi connectivity index (χ1) is 12.7. The fourth-order valence-corrected chi connectivity index (χ4v) is 4.67. The highest BCUT2D eigenvalue weighted by molar-refractivity contribution is 7.91. The monoisotopic (exact) mass is 425 g/mol. The maximum atomic E-state index is 13.5. The molecule has 1 aliphatic heterocycles. The number of amides is 1. The first-order valence-corrected chi connectivity index (χ1v) is 10.4. The molecule has 0 bridgehead atoms. The summed E-state index contributed by atoms with van der Waals surface area (Å²) in [5.41, 5.74) is -1.99. The van der Waals surface area contributed by atoms with Crippen molar-refractivity contribution < 1.29 is 35.5 Å². The molecule has 5 nitrogen and oxygen atoms in total. The zero-order valence-electron chi connectivity index (χ0n) is 15.8. The van der Waals surface area contributed by atoms with Crippen LogP contribution in [0.25, 0.3) is 0 Å². The lowest BCUT2D eigenvalue weighted by molar-refractivity contribution is -0.137. The van der Waals surface area contributed by atoms with Crippen molar-refractivity contribution in [1.82, 2.24) is 4.90 Å². The van der Waals surface area contributed by atoms with Crippen LogP contribution in [-0.2, 0) is 20.8 Å². The second kappa shape index (κ2) is 7.88. The summed E-state index contributed by atoms with van der Waals surface area (Å²) in [5.74, 6) is -2.01. The van der Waals surface area contributed by atoms with E-state index < -0.39 is 49.7 Å². The number of hydrogen-bond donors (Lipinski definition) is 0. The number of piperidine rings is 1. The minimum absolute atomic E-state index is 0.262. The van der Waals surface area contributed by atoms with Crippen molar-refractivity contribution in [1.29, 1.82) is 0 Å². The summed E-state index contributed by atoms with van der Waals surface area (Å²) < 4.78 is 82.2. The summed E-state index contributed by atoms with van der Waals surface area (Å²) in [7, 11) is -4.11. The summed E-state index contributed by atoms with van der Waals surface area (Å²) in [4.78, 5) is 12.8. The fraction of sp³-hybridized carbons (Fsp3) is 0.611. The lowest BCUT2D eigenvalue weighted by Gasteiger charge is -2.33. The SMILES string of the molecule is CC(C)(C)OC(=O)N1CCC(CS(=O)(=O)c2cc(F)cc(C(F)(F)F)c2)CC1. The van der Waals surface area contributed by atoms with Gasteiger partial charge in [0.1, 0.15) is 11.4 Å². The molecule has 1 aromatic carbocycles. The van der Waals surface area contributed by atoms with Gasteiger partial charge in [-0.1, -0.05) is 0 Å². The van der Waals surface area contributed by atoms with Crippen LogP contribution in [0.15, 0.2) is 23.1 Å². The van der Waals surface area contributed by atoms with E-state index in [4.69, 9.17) is 4.74 Å². The number of halogens is 4. The van der Waals surface area contributed by atoms with Gasteiger partial charge in [0.2, 0.25) is 0 Å². The quantitative estimate of drug-likeness (QED) is 0.679. The van der Waals surface area contributed by atoms with Crippen LogP contribution in [0.1, 0.15) is 39.2 Å². The van der Waals surface area contributed by atoms with E-state index in [0.717, 1.165) is 0 Å². The van der Waals surface area contributed by atoms with Gasteiger partial charge in [0.05, 0.1) is 16.2 Å². The topological polar surface area (TPSA) is 63.7 Å². The molecule has 1 amide bonds. The molecule has 158 valence electrons. The Bertz CT molecular complexity index is 823. The van der Waals surface area contributed by atoms with E-state index in [0.29, 0.717) is 25.0 Å². The Kier molecular flexibility index (Phi) is 6.32. The highest BCUT2D eigenvalue weighted by Gasteiger charge is 2.34. The van der Waals surface area contributed by atoms with Gasteiger partial charge in [0.25, 0.3) is 0 Å². The van der Waals surface area contributed by atoms with E-state index in [1.54, 1.807) is 20.8 Å². The Labute approximate surface area is 161 Å². The van der Waals surface area contributed by atoms with Gasteiger partial charge < -0.3 is 9.64 Å². The van der Waals surface area contributed by atoms with Gasteiger partial charge in [0, 0.05) is 13.1 Å². The smallest absolute Gasteiger partial charge is 0.416 e. The van der Waals surface area contributed by atoms with Crippen LogP contribution in [0.3, 0.4) is 0 Å². The molecule has 0 saturated carbocycles. The molecule has 2 rings (SSSR count). The van der Waals surface area contributed by atoms with Gasteiger partial charge in [-0.15, -0.1) is 0 Å². The normalized spacial score (nSPS) is 16.9. The number of ether oxygens (including phenoxy) is 1. The summed E-state index contributed by atoms with van der Waals surface area (Å²) in [6.07, 6.45) is -4.61. The molecule has 0 aromatic heterocycles.